The first kappa shape index (κ1) is 15.1. The van der Waals surface area contributed by atoms with Gasteiger partial charge in [-0.25, -0.2) is 0 Å². The molecule has 0 bridgehead atoms. The molecule has 2 aliphatic carbocycles. The first-order chi connectivity index (χ1) is 10.3. The fourth-order valence-electron chi connectivity index (χ4n) is 3.89. The molecule has 0 aliphatic heterocycles. The average Bonchev–Trinajstić information content (AvgIpc) is 2.40. The summed E-state index contributed by atoms with van der Waals surface area (Å²) in [5.41, 5.74) is 3.15. The van der Waals surface area contributed by atoms with Gasteiger partial charge < -0.3 is 10.1 Å². The topological polar surface area (TPSA) is 21.3 Å². The fraction of sp³-hybridized carbons (Fsp3) is 0.684. The SMILES string of the molecule is CCOC1CC(CC(NC)c2ccccc2C2CCC2)C1. The molecule has 1 N–H and O–H groups in total. The molecule has 0 heterocycles. The first-order valence-corrected chi connectivity index (χ1v) is 8.69. The number of hydrogen-bond donors (Lipinski definition) is 1. The number of benzene rings is 1. The molecule has 0 aromatic heterocycles. The minimum absolute atomic E-state index is 0.509. The maximum absolute atomic E-state index is 5.70. The number of ether oxygens (including phenoxy) is 1. The summed E-state index contributed by atoms with van der Waals surface area (Å²) in [6.45, 7) is 2.95. The van der Waals surface area contributed by atoms with Crippen LogP contribution in [0.4, 0.5) is 0 Å². The number of rotatable bonds is 7. The van der Waals surface area contributed by atoms with E-state index in [1.807, 2.05) is 0 Å². The molecular formula is C19H29NO. The molecule has 1 aromatic rings. The molecule has 116 valence electrons. The van der Waals surface area contributed by atoms with E-state index >= 15 is 0 Å². The van der Waals surface area contributed by atoms with Crippen molar-refractivity contribution < 1.29 is 4.74 Å². The van der Waals surface area contributed by atoms with Gasteiger partial charge in [0.2, 0.25) is 0 Å². The van der Waals surface area contributed by atoms with Crippen molar-refractivity contribution in [1.29, 1.82) is 0 Å². The molecule has 21 heavy (non-hydrogen) atoms. The zero-order valence-electron chi connectivity index (χ0n) is 13.5. The van der Waals surface area contributed by atoms with E-state index in [1.165, 1.54) is 38.5 Å². The van der Waals surface area contributed by atoms with Crippen LogP contribution in [0.5, 0.6) is 0 Å². The van der Waals surface area contributed by atoms with E-state index in [1.54, 1.807) is 11.1 Å². The first-order valence-electron chi connectivity index (χ1n) is 8.69. The summed E-state index contributed by atoms with van der Waals surface area (Å²) in [4.78, 5) is 0. The van der Waals surface area contributed by atoms with Crippen molar-refractivity contribution in [1.82, 2.24) is 5.32 Å². The van der Waals surface area contributed by atoms with Gasteiger partial charge in [0.05, 0.1) is 6.10 Å². The molecule has 2 aliphatic rings. The van der Waals surface area contributed by atoms with Gasteiger partial charge >= 0.3 is 0 Å². The van der Waals surface area contributed by atoms with Gasteiger partial charge in [-0.3, -0.25) is 0 Å². The summed E-state index contributed by atoms with van der Waals surface area (Å²) >= 11 is 0. The highest BCUT2D eigenvalue weighted by atomic mass is 16.5. The zero-order valence-corrected chi connectivity index (χ0v) is 13.5. The Labute approximate surface area is 129 Å². The molecule has 0 saturated heterocycles. The van der Waals surface area contributed by atoms with Crippen molar-refractivity contribution in [2.24, 2.45) is 5.92 Å². The van der Waals surface area contributed by atoms with E-state index in [4.69, 9.17) is 4.74 Å². The van der Waals surface area contributed by atoms with Crippen molar-refractivity contribution in [2.75, 3.05) is 13.7 Å². The van der Waals surface area contributed by atoms with Gasteiger partial charge in [0, 0.05) is 12.6 Å². The van der Waals surface area contributed by atoms with Crippen LogP contribution < -0.4 is 5.32 Å². The Balaban J connectivity index is 1.64. The van der Waals surface area contributed by atoms with E-state index in [0.29, 0.717) is 12.1 Å². The maximum Gasteiger partial charge on any atom is 0.0580 e. The molecule has 2 saturated carbocycles. The van der Waals surface area contributed by atoms with Crippen LogP contribution in [-0.4, -0.2) is 19.8 Å². The Morgan fingerprint density at radius 2 is 2.00 bits per heavy atom. The molecule has 2 fully saturated rings. The van der Waals surface area contributed by atoms with E-state index in [2.05, 4.69) is 43.6 Å². The zero-order chi connectivity index (χ0) is 14.7. The summed E-state index contributed by atoms with van der Waals surface area (Å²) in [6, 6.07) is 9.61. The highest BCUT2D eigenvalue weighted by Gasteiger charge is 2.32. The van der Waals surface area contributed by atoms with Gasteiger partial charge in [0.1, 0.15) is 0 Å². The third-order valence-electron chi connectivity index (χ3n) is 5.43. The Morgan fingerprint density at radius 3 is 2.62 bits per heavy atom. The van der Waals surface area contributed by atoms with Crippen LogP contribution >= 0.6 is 0 Å². The van der Waals surface area contributed by atoms with Gasteiger partial charge in [-0.15, -0.1) is 0 Å². The molecule has 0 spiro atoms. The summed E-state index contributed by atoms with van der Waals surface area (Å²) in [6.07, 6.45) is 8.44. The second-order valence-corrected chi connectivity index (χ2v) is 6.75. The Hall–Kier alpha value is -0.860. The van der Waals surface area contributed by atoms with Gasteiger partial charge in [-0.1, -0.05) is 30.7 Å². The predicted octanol–water partition coefficient (Wildman–Crippen LogP) is 4.42. The lowest BCUT2D eigenvalue weighted by atomic mass is 9.73. The van der Waals surface area contributed by atoms with E-state index in [9.17, 15) is 0 Å². The summed E-state index contributed by atoms with van der Waals surface area (Å²) in [5, 5.41) is 3.57. The van der Waals surface area contributed by atoms with Crippen LogP contribution in [0.25, 0.3) is 0 Å². The minimum Gasteiger partial charge on any atom is -0.378 e. The van der Waals surface area contributed by atoms with Crippen LogP contribution in [0.1, 0.15) is 68.5 Å². The Bertz CT molecular complexity index is 449. The quantitative estimate of drug-likeness (QED) is 0.801. The van der Waals surface area contributed by atoms with Crippen molar-refractivity contribution in [3.63, 3.8) is 0 Å². The average molecular weight is 287 g/mol. The molecule has 1 unspecified atom stereocenters. The van der Waals surface area contributed by atoms with Gasteiger partial charge in [0.15, 0.2) is 0 Å². The molecule has 2 nitrogen and oxygen atoms in total. The smallest absolute Gasteiger partial charge is 0.0580 e. The van der Waals surface area contributed by atoms with Crippen LogP contribution in [-0.2, 0) is 4.74 Å². The van der Waals surface area contributed by atoms with Crippen LogP contribution in [0.2, 0.25) is 0 Å². The van der Waals surface area contributed by atoms with Crippen LogP contribution in [0.15, 0.2) is 24.3 Å². The normalized spacial score (nSPS) is 27.0. The predicted molar refractivity (Wildman–Crippen MR) is 87.6 cm³/mol. The van der Waals surface area contributed by atoms with Gasteiger partial charge in [0.25, 0.3) is 0 Å². The molecule has 1 aromatic carbocycles. The molecule has 2 heteroatoms. The largest absolute Gasteiger partial charge is 0.378 e. The minimum atomic E-state index is 0.509. The highest BCUT2D eigenvalue weighted by Crippen LogP contribution is 2.42. The lowest BCUT2D eigenvalue weighted by Crippen LogP contribution is -2.34. The van der Waals surface area contributed by atoms with E-state index < -0.39 is 0 Å². The van der Waals surface area contributed by atoms with E-state index in [0.717, 1.165) is 18.4 Å². The van der Waals surface area contributed by atoms with Gasteiger partial charge in [-0.05, 0) is 69.0 Å². The Morgan fingerprint density at radius 1 is 1.24 bits per heavy atom. The second kappa shape index (κ2) is 6.93. The molecule has 1 atom stereocenters. The second-order valence-electron chi connectivity index (χ2n) is 6.75. The third-order valence-corrected chi connectivity index (χ3v) is 5.43. The highest BCUT2D eigenvalue weighted by molar-refractivity contribution is 5.34. The summed E-state index contributed by atoms with van der Waals surface area (Å²) in [7, 11) is 2.11. The van der Waals surface area contributed by atoms with Crippen molar-refractivity contribution in [2.45, 2.75) is 63.5 Å². The molecule has 3 rings (SSSR count). The molecular weight excluding hydrogens is 258 g/mol. The van der Waals surface area contributed by atoms with Crippen LogP contribution in [0, 0.1) is 5.92 Å². The lowest BCUT2D eigenvalue weighted by Gasteiger charge is -2.38. The maximum atomic E-state index is 5.70. The Kier molecular flexibility index (Phi) is 4.97. The van der Waals surface area contributed by atoms with E-state index in [-0.39, 0.29) is 0 Å². The third kappa shape index (κ3) is 3.32. The van der Waals surface area contributed by atoms with Crippen molar-refractivity contribution in [3.8, 4) is 0 Å². The summed E-state index contributed by atoms with van der Waals surface area (Å²) < 4.78 is 5.70. The molecule has 0 radical (unpaired) electrons. The monoisotopic (exact) mass is 287 g/mol. The van der Waals surface area contributed by atoms with Crippen molar-refractivity contribution in [3.05, 3.63) is 35.4 Å². The molecule has 0 amide bonds. The number of hydrogen-bond acceptors (Lipinski definition) is 2. The summed E-state index contributed by atoms with van der Waals surface area (Å²) in [5.74, 6) is 1.64. The lowest BCUT2D eigenvalue weighted by molar-refractivity contribution is -0.0290. The fourth-order valence-corrected chi connectivity index (χ4v) is 3.89. The van der Waals surface area contributed by atoms with Crippen molar-refractivity contribution >= 4 is 0 Å². The van der Waals surface area contributed by atoms with Gasteiger partial charge in [-0.2, -0.15) is 0 Å². The van der Waals surface area contributed by atoms with Crippen LogP contribution in [0.3, 0.4) is 0 Å². The standard InChI is InChI=1S/C19H29NO/c1-3-21-16-11-14(12-16)13-19(20-2)18-10-5-4-9-17(18)15-7-6-8-15/h4-5,9-10,14-16,19-20H,3,6-8,11-13H2,1-2H3. The number of nitrogens with one attached hydrogen (secondary N) is 1.